The first kappa shape index (κ1) is 33.1. The molecule has 232 valence electrons. The van der Waals surface area contributed by atoms with E-state index in [1.54, 1.807) is 11.3 Å². The monoisotopic (exact) mass is 624 g/mol. The largest absolute Gasteiger partial charge is 0.490 e. The minimum Gasteiger partial charge on any atom is -0.475 e. The number of hydrogen-bond acceptors (Lipinski definition) is 7. The number of thiophene rings is 1. The smallest absolute Gasteiger partial charge is 0.475 e. The molecule has 3 aromatic rings. The number of likely N-dealkylation sites (N-methyl/N-ethyl adjacent to an activating group) is 1. The summed E-state index contributed by atoms with van der Waals surface area (Å²) in [4.78, 5) is 28.1. The predicted octanol–water partition coefficient (Wildman–Crippen LogP) is 4.44. The Morgan fingerprint density at radius 3 is 2.05 bits per heavy atom. The van der Waals surface area contributed by atoms with Crippen LogP contribution in [0.3, 0.4) is 0 Å². The van der Waals surface area contributed by atoms with E-state index in [0.29, 0.717) is 0 Å². The maximum absolute atomic E-state index is 10.6. The lowest BCUT2D eigenvalue weighted by Gasteiger charge is -2.50. The van der Waals surface area contributed by atoms with E-state index < -0.39 is 24.3 Å². The van der Waals surface area contributed by atoms with Crippen molar-refractivity contribution in [1.82, 2.24) is 29.1 Å². The highest BCUT2D eigenvalue weighted by Gasteiger charge is 2.46. The van der Waals surface area contributed by atoms with Crippen LogP contribution in [0.2, 0.25) is 0 Å². The van der Waals surface area contributed by atoms with Crippen molar-refractivity contribution in [2.75, 3.05) is 26.2 Å². The third-order valence-electron chi connectivity index (χ3n) is 7.01. The summed E-state index contributed by atoms with van der Waals surface area (Å²) in [5.74, 6) is -4.25. The molecule has 0 bridgehead atoms. The van der Waals surface area contributed by atoms with Gasteiger partial charge in [0.05, 0.1) is 23.6 Å². The molecule has 0 radical (unpaired) electrons. The molecule has 1 fully saturated rings. The summed E-state index contributed by atoms with van der Waals surface area (Å²) in [6, 6.07) is 2.25. The number of hydrogen-bond donors (Lipinski definition) is 2. The molecular formula is C25H30F6N6O4S. The predicted molar refractivity (Wildman–Crippen MR) is 140 cm³/mol. The minimum absolute atomic E-state index is 0.0681. The van der Waals surface area contributed by atoms with Crippen molar-refractivity contribution in [2.45, 2.75) is 50.7 Å². The molecule has 2 aliphatic heterocycles. The average Bonchev–Trinajstić information content (AvgIpc) is 3.67. The summed E-state index contributed by atoms with van der Waals surface area (Å²) in [6.07, 6.45) is -1.77. The second-order valence-corrected chi connectivity index (χ2v) is 10.4. The van der Waals surface area contributed by atoms with E-state index >= 15 is 0 Å². The van der Waals surface area contributed by atoms with E-state index in [-0.39, 0.29) is 5.54 Å². The van der Waals surface area contributed by atoms with Crippen LogP contribution in [-0.4, -0.2) is 89.8 Å². The molecule has 5 rings (SSSR count). The van der Waals surface area contributed by atoms with Gasteiger partial charge in [-0.05, 0) is 41.8 Å². The Bertz CT molecular complexity index is 1310. The molecule has 3 aromatic heterocycles. The quantitative estimate of drug-likeness (QED) is 0.410. The van der Waals surface area contributed by atoms with E-state index in [2.05, 4.69) is 55.6 Å². The van der Waals surface area contributed by atoms with E-state index in [9.17, 15) is 26.3 Å². The van der Waals surface area contributed by atoms with Gasteiger partial charge in [-0.15, -0.1) is 0 Å². The lowest BCUT2D eigenvalue weighted by Crippen LogP contribution is -2.57. The number of carbonyl (C=O) groups is 2. The van der Waals surface area contributed by atoms with Gasteiger partial charge in [-0.2, -0.15) is 42.8 Å². The van der Waals surface area contributed by atoms with Crippen LogP contribution in [0.15, 0.2) is 35.4 Å². The number of halogens is 6. The maximum atomic E-state index is 10.6. The number of carboxylic acids is 2. The average molecular weight is 625 g/mol. The van der Waals surface area contributed by atoms with Crippen molar-refractivity contribution in [1.29, 1.82) is 0 Å². The summed E-state index contributed by atoms with van der Waals surface area (Å²) in [5.41, 5.74) is 3.88. The van der Waals surface area contributed by atoms with Crippen molar-refractivity contribution < 1.29 is 46.1 Å². The van der Waals surface area contributed by atoms with Crippen LogP contribution in [0, 0.1) is 0 Å². The van der Waals surface area contributed by atoms with E-state index in [0.717, 1.165) is 57.7 Å². The zero-order valence-electron chi connectivity index (χ0n) is 22.7. The number of imidazole rings is 1. The number of nitrogens with zero attached hydrogens (tertiary/aromatic N) is 6. The summed E-state index contributed by atoms with van der Waals surface area (Å²) in [7, 11) is 1.97. The Morgan fingerprint density at radius 1 is 1.00 bits per heavy atom. The molecular weight excluding hydrogens is 594 g/mol. The number of carboxylic acid groups (broad SMARTS) is 2. The number of aliphatic carboxylic acids is 2. The topological polar surface area (TPSA) is 117 Å². The lowest BCUT2D eigenvalue weighted by molar-refractivity contribution is -0.193. The number of rotatable bonds is 4. The molecule has 0 amide bonds. The lowest BCUT2D eigenvalue weighted by atomic mass is 9.83. The Kier molecular flexibility index (Phi) is 10.4. The number of aromatic nitrogens is 4. The summed E-state index contributed by atoms with van der Waals surface area (Å²) >= 11 is 1.79. The van der Waals surface area contributed by atoms with Crippen LogP contribution in [0.5, 0.6) is 0 Å². The molecule has 2 N–H and O–H groups in total. The number of alkyl halides is 6. The van der Waals surface area contributed by atoms with E-state index in [1.807, 2.05) is 17.9 Å². The van der Waals surface area contributed by atoms with Gasteiger partial charge in [-0.1, -0.05) is 6.92 Å². The van der Waals surface area contributed by atoms with Gasteiger partial charge >= 0.3 is 24.3 Å². The van der Waals surface area contributed by atoms with Gasteiger partial charge in [0.1, 0.15) is 5.82 Å². The Morgan fingerprint density at radius 2 is 1.60 bits per heavy atom. The van der Waals surface area contributed by atoms with Crippen molar-refractivity contribution in [3.8, 4) is 11.3 Å². The van der Waals surface area contributed by atoms with Crippen LogP contribution >= 0.6 is 11.3 Å². The summed E-state index contributed by atoms with van der Waals surface area (Å²) in [6.45, 7) is 8.80. The summed E-state index contributed by atoms with van der Waals surface area (Å²) in [5, 5.41) is 23.1. The van der Waals surface area contributed by atoms with Crippen molar-refractivity contribution >= 4 is 23.3 Å². The first-order chi connectivity index (χ1) is 19.6. The van der Waals surface area contributed by atoms with Gasteiger partial charge in [0, 0.05) is 51.5 Å². The molecule has 0 unspecified atom stereocenters. The minimum atomic E-state index is -5.08. The molecule has 0 saturated carbocycles. The van der Waals surface area contributed by atoms with Gasteiger partial charge in [0.2, 0.25) is 0 Å². The van der Waals surface area contributed by atoms with Gasteiger partial charge in [-0.3, -0.25) is 14.5 Å². The number of piperidine rings is 1. The summed E-state index contributed by atoms with van der Waals surface area (Å²) < 4.78 is 67.8. The first-order valence-corrected chi connectivity index (χ1v) is 13.7. The van der Waals surface area contributed by atoms with Crippen molar-refractivity contribution in [2.24, 2.45) is 7.05 Å². The molecule has 0 atom stereocenters. The molecule has 1 spiro atoms. The Balaban J connectivity index is 0.000000289. The van der Waals surface area contributed by atoms with Crippen LogP contribution in [-0.2, 0) is 35.3 Å². The van der Waals surface area contributed by atoms with E-state index in [1.165, 1.54) is 17.1 Å². The highest BCUT2D eigenvalue weighted by molar-refractivity contribution is 7.07. The van der Waals surface area contributed by atoms with Gasteiger partial charge in [0.25, 0.3) is 0 Å². The molecule has 5 heterocycles. The second-order valence-electron chi connectivity index (χ2n) is 9.65. The fourth-order valence-corrected chi connectivity index (χ4v) is 5.72. The molecule has 1 saturated heterocycles. The van der Waals surface area contributed by atoms with Gasteiger partial charge in [0.15, 0.2) is 0 Å². The van der Waals surface area contributed by atoms with Crippen molar-refractivity contribution in [3.63, 3.8) is 0 Å². The fourth-order valence-electron chi connectivity index (χ4n) is 5.06. The Labute approximate surface area is 240 Å². The van der Waals surface area contributed by atoms with Crippen LogP contribution in [0.25, 0.3) is 11.3 Å². The normalized spacial score (nSPS) is 17.0. The van der Waals surface area contributed by atoms with E-state index in [4.69, 9.17) is 24.8 Å². The highest BCUT2D eigenvalue weighted by atomic mass is 32.1. The van der Waals surface area contributed by atoms with Gasteiger partial charge in [-0.25, -0.2) is 14.6 Å². The molecule has 2 aliphatic rings. The van der Waals surface area contributed by atoms with Crippen molar-refractivity contribution in [3.05, 3.63) is 46.8 Å². The SMILES string of the molecule is CCN1CCn2c(-c3cnn(C)c3)cnc2C12CCN(Cc1ccsc1)CC2.O=C(O)C(F)(F)F.O=C(O)C(F)(F)F. The third kappa shape index (κ3) is 7.89. The molecule has 17 heteroatoms. The molecule has 10 nitrogen and oxygen atoms in total. The van der Waals surface area contributed by atoms with Crippen LogP contribution < -0.4 is 0 Å². The first-order valence-electron chi connectivity index (χ1n) is 12.7. The van der Waals surface area contributed by atoms with Gasteiger partial charge < -0.3 is 14.8 Å². The Hall–Kier alpha value is -3.44. The van der Waals surface area contributed by atoms with Crippen LogP contribution in [0.1, 0.15) is 31.2 Å². The fraction of sp³-hybridized carbons (Fsp3) is 0.520. The third-order valence-corrected chi connectivity index (χ3v) is 7.74. The number of fused-ring (bicyclic) bond motifs is 2. The maximum Gasteiger partial charge on any atom is 0.490 e. The highest BCUT2D eigenvalue weighted by Crippen LogP contribution is 2.42. The number of aryl methyl sites for hydroxylation is 1. The van der Waals surface area contributed by atoms with Crippen LogP contribution in [0.4, 0.5) is 26.3 Å². The molecule has 0 aliphatic carbocycles. The second kappa shape index (κ2) is 13.2. The molecule has 42 heavy (non-hydrogen) atoms. The number of likely N-dealkylation sites (tertiary alicyclic amines) is 1. The zero-order valence-corrected chi connectivity index (χ0v) is 23.5. The standard InChI is InChI=1S/C21H28N6S.2C2HF3O2/c1-3-26-9-10-27-19(18-12-23-24(2)15-18)13-22-20(27)21(26)5-7-25(8-6-21)14-17-4-11-28-16-17;2*3-2(4,5)1(6)7/h4,11-13,15-16H,3,5-10,14H2,1-2H3;2*(H,6,7). The molecule has 0 aromatic carbocycles. The zero-order chi connectivity index (χ0) is 31.3.